The number of rotatable bonds is 4. The maximum absolute atomic E-state index is 11.5. The summed E-state index contributed by atoms with van der Waals surface area (Å²) in [5.41, 5.74) is 8.58. The van der Waals surface area contributed by atoms with Gasteiger partial charge in [-0.25, -0.2) is 0 Å². The van der Waals surface area contributed by atoms with E-state index in [9.17, 15) is 14.9 Å². The number of carbonyl (C=O) groups is 1. The van der Waals surface area contributed by atoms with Gasteiger partial charge in [0.15, 0.2) is 0 Å². The first-order valence-corrected chi connectivity index (χ1v) is 6.75. The molecule has 0 atom stereocenters. The summed E-state index contributed by atoms with van der Waals surface area (Å²) in [7, 11) is 0. The van der Waals surface area contributed by atoms with Gasteiger partial charge in [0, 0.05) is 29.6 Å². The number of aromatic nitrogens is 1. The van der Waals surface area contributed by atoms with Crippen LogP contribution in [-0.2, 0) is 0 Å². The van der Waals surface area contributed by atoms with Crippen molar-refractivity contribution in [3.8, 4) is 11.3 Å². The van der Waals surface area contributed by atoms with Crippen molar-refractivity contribution in [2.45, 2.75) is 25.8 Å². The standard InChI is InChI=1S/C15H15N3O3/c1-9-13(15(16)19)8-14(17(9)11-6-7-11)10-2-4-12(5-3-10)18(20)21/h2-5,8,11H,6-7H2,1H3,(H2,16,19). The third-order valence-electron chi connectivity index (χ3n) is 3.84. The lowest BCUT2D eigenvalue weighted by Crippen LogP contribution is -2.12. The Hall–Kier alpha value is -2.63. The summed E-state index contributed by atoms with van der Waals surface area (Å²) in [6.45, 7) is 1.88. The van der Waals surface area contributed by atoms with Gasteiger partial charge in [0.05, 0.1) is 10.5 Å². The van der Waals surface area contributed by atoms with Crippen LogP contribution in [0.15, 0.2) is 30.3 Å². The minimum absolute atomic E-state index is 0.0510. The zero-order valence-corrected chi connectivity index (χ0v) is 11.6. The van der Waals surface area contributed by atoms with E-state index in [1.165, 1.54) is 12.1 Å². The van der Waals surface area contributed by atoms with Crippen LogP contribution >= 0.6 is 0 Å². The summed E-state index contributed by atoms with van der Waals surface area (Å²) in [6, 6.07) is 8.52. The second-order valence-electron chi connectivity index (χ2n) is 5.30. The first kappa shape index (κ1) is 13.4. The summed E-state index contributed by atoms with van der Waals surface area (Å²) in [6.07, 6.45) is 2.15. The third-order valence-corrected chi connectivity index (χ3v) is 3.84. The molecule has 0 unspecified atom stereocenters. The van der Waals surface area contributed by atoms with E-state index in [2.05, 4.69) is 4.57 Å². The molecule has 6 heteroatoms. The average Bonchev–Trinajstić information content (AvgIpc) is 3.22. The minimum Gasteiger partial charge on any atom is -0.366 e. The van der Waals surface area contributed by atoms with E-state index < -0.39 is 10.8 Å². The largest absolute Gasteiger partial charge is 0.366 e. The van der Waals surface area contributed by atoms with Crippen molar-refractivity contribution >= 4 is 11.6 Å². The number of hydrogen-bond acceptors (Lipinski definition) is 3. The quantitative estimate of drug-likeness (QED) is 0.691. The summed E-state index contributed by atoms with van der Waals surface area (Å²) in [5, 5.41) is 10.7. The van der Waals surface area contributed by atoms with Gasteiger partial charge in [0.2, 0.25) is 0 Å². The third kappa shape index (κ3) is 2.29. The number of benzene rings is 1. The molecule has 0 bridgehead atoms. The molecule has 2 N–H and O–H groups in total. The molecule has 1 aromatic heterocycles. The van der Waals surface area contributed by atoms with E-state index >= 15 is 0 Å². The number of nitro benzene ring substituents is 1. The molecule has 1 aromatic carbocycles. The summed E-state index contributed by atoms with van der Waals surface area (Å²) >= 11 is 0. The molecular weight excluding hydrogens is 270 g/mol. The Morgan fingerprint density at radius 2 is 1.95 bits per heavy atom. The highest BCUT2D eigenvalue weighted by Gasteiger charge is 2.29. The second-order valence-corrected chi connectivity index (χ2v) is 5.30. The van der Waals surface area contributed by atoms with Crippen LogP contribution in [0, 0.1) is 17.0 Å². The number of carbonyl (C=O) groups excluding carboxylic acids is 1. The number of nitrogens with two attached hydrogens (primary N) is 1. The Kier molecular flexibility index (Phi) is 3.01. The zero-order valence-electron chi connectivity index (χ0n) is 11.6. The number of hydrogen-bond donors (Lipinski definition) is 1. The first-order chi connectivity index (χ1) is 9.99. The Morgan fingerprint density at radius 1 is 1.33 bits per heavy atom. The zero-order chi connectivity index (χ0) is 15.1. The van der Waals surface area contributed by atoms with Gasteiger partial charge >= 0.3 is 0 Å². The molecule has 1 saturated carbocycles. The fourth-order valence-electron chi connectivity index (χ4n) is 2.65. The van der Waals surface area contributed by atoms with E-state index in [4.69, 9.17) is 5.73 Å². The highest BCUT2D eigenvalue weighted by molar-refractivity contribution is 5.95. The molecule has 1 aliphatic rings. The highest BCUT2D eigenvalue weighted by Crippen LogP contribution is 2.41. The van der Waals surface area contributed by atoms with Crippen molar-refractivity contribution in [2.75, 3.05) is 0 Å². The van der Waals surface area contributed by atoms with Gasteiger partial charge < -0.3 is 10.3 Å². The molecule has 108 valence electrons. The Labute approximate surface area is 121 Å². The lowest BCUT2D eigenvalue weighted by molar-refractivity contribution is -0.384. The number of primary amides is 1. The molecule has 1 fully saturated rings. The summed E-state index contributed by atoms with van der Waals surface area (Å²) < 4.78 is 2.11. The van der Waals surface area contributed by atoms with Crippen LogP contribution in [0.3, 0.4) is 0 Å². The summed E-state index contributed by atoms with van der Waals surface area (Å²) in [4.78, 5) is 21.8. The average molecular weight is 285 g/mol. The molecule has 3 rings (SSSR count). The Balaban J connectivity index is 2.10. The van der Waals surface area contributed by atoms with E-state index in [0.717, 1.165) is 29.8 Å². The molecule has 1 heterocycles. The molecule has 2 aromatic rings. The highest BCUT2D eigenvalue weighted by atomic mass is 16.6. The van der Waals surface area contributed by atoms with Crippen LogP contribution in [0.5, 0.6) is 0 Å². The topological polar surface area (TPSA) is 91.2 Å². The molecule has 6 nitrogen and oxygen atoms in total. The Bertz CT molecular complexity index is 727. The van der Waals surface area contributed by atoms with Gasteiger partial charge in [-0.1, -0.05) is 0 Å². The van der Waals surface area contributed by atoms with Crippen molar-refractivity contribution in [1.82, 2.24) is 4.57 Å². The van der Waals surface area contributed by atoms with E-state index in [-0.39, 0.29) is 5.69 Å². The summed E-state index contributed by atoms with van der Waals surface area (Å²) in [5.74, 6) is -0.449. The van der Waals surface area contributed by atoms with Crippen LogP contribution in [0.1, 0.15) is 34.9 Å². The maximum atomic E-state index is 11.5. The molecular formula is C15H15N3O3. The normalized spacial score (nSPS) is 14.1. The van der Waals surface area contributed by atoms with Crippen LogP contribution in [0.25, 0.3) is 11.3 Å². The lowest BCUT2D eigenvalue weighted by Gasteiger charge is -2.10. The van der Waals surface area contributed by atoms with Crippen LogP contribution < -0.4 is 5.73 Å². The predicted octanol–water partition coefficient (Wildman–Crippen LogP) is 2.81. The number of amides is 1. The number of nitro groups is 1. The molecule has 0 aliphatic heterocycles. The van der Waals surface area contributed by atoms with Crippen molar-refractivity contribution in [3.63, 3.8) is 0 Å². The maximum Gasteiger partial charge on any atom is 0.269 e. The molecule has 1 aliphatic carbocycles. The minimum atomic E-state index is -0.449. The van der Waals surface area contributed by atoms with Crippen molar-refractivity contribution < 1.29 is 9.72 Å². The van der Waals surface area contributed by atoms with Crippen LogP contribution in [-0.4, -0.2) is 15.4 Å². The van der Waals surface area contributed by atoms with Gasteiger partial charge in [-0.05, 0) is 43.5 Å². The molecule has 0 saturated heterocycles. The first-order valence-electron chi connectivity index (χ1n) is 6.75. The monoisotopic (exact) mass is 285 g/mol. The lowest BCUT2D eigenvalue weighted by atomic mass is 10.1. The van der Waals surface area contributed by atoms with Gasteiger partial charge in [-0.15, -0.1) is 0 Å². The Morgan fingerprint density at radius 3 is 2.43 bits per heavy atom. The van der Waals surface area contributed by atoms with Crippen molar-refractivity contribution in [1.29, 1.82) is 0 Å². The van der Waals surface area contributed by atoms with Gasteiger partial charge in [-0.2, -0.15) is 0 Å². The SMILES string of the molecule is Cc1c(C(N)=O)cc(-c2ccc([N+](=O)[O-])cc2)n1C1CC1. The van der Waals surface area contributed by atoms with Gasteiger partial charge in [0.1, 0.15) is 0 Å². The second kappa shape index (κ2) is 4.73. The van der Waals surface area contributed by atoms with E-state index in [0.29, 0.717) is 11.6 Å². The number of nitrogens with zero attached hydrogens (tertiary/aromatic N) is 2. The fraction of sp³-hybridized carbons (Fsp3) is 0.267. The molecule has 1 amide bonds. The van der Waals surface area contributed by atoms with Crippen molar-refractivity contribution in [3.05, 3.63) is 51.7 Å². The molecule has 0 radical (unpaired) electrons. The van der Waals surface area contributed by atoms with Crippen LogP contribution in [0.4, 0.5) is 5.69 Å². The molecule has 0 spiro atoms. The van der Waals surface area contributed by atoms with Crippen molar-refractivity contribution in [2.24, 2.45) is 5.73 Å². The van der Waals surface area contributed by atoms with Gasteiger partial charge in [-0.3, -0.25) is 14.9 Å². The van der Waals surface area contributed by atoms with Gasteiger partial charge in [0.25, 0.3) is 11.6 Å². The fourth-order valence-corrected chi connectivity index (χ4v) is 2.65. The van der Waals surface area contributed by atoms with Crippen LogP contribution in [0.2, 0.25) is 0 Å². The van der Waals surface area contributed by atoms with E-state index in [1.54, 1.807) is 18.2 Å². The van der Waals surface area contributed by atoms with E-state index in [1.807, 2.05) is 6.92 Å². The smallest absolute Gasteiger partial charge is 0.269 e. The number of non-ortho nitro benzene ring substituents is 1. The predicted molar refractivity (Wildman–Crippen MR) is 78.0 cm³/mol. The molecule has 21 heavy (non-hydrogen) atoms.